The Labute approximate surface area is 324 Å². The quantitative estimate of drug-likeness (QED) is 0.0324. The number of aliphatic carboxylic acids is 3. The molecule has 0 radical (unpaired) electrons. The van der Waals surface area contributed by atoms with Gasteiger partial charge in [-0.05, 0) is 49.9 Å². The fraction of sp³-hybridized carbons (Fsp3) is 0.526. The molecule has 1 heterocycles. The minimum atomic E-state index is -1.78. The molecule has 0 bridgehead atoms. The molecule has 0 aliphatic heterocycles. The number of hydrogen-bond donors (Lipinski definition) is 6. The van der Waals surface area contributed by atoms with Crippen LogP contribution in [0.4, 0.5) is 0 Å². The summed E-state index contributed by atoms with van der Waals surface area (Å²) < 4.78 is 10.9. The van der Waals surface area contributed by atoms with Crippen molar-refractivity contribution in [3.8, 4) is 17.1 Å². The first-order valence-electron chi connectivity index (χ1n) is 18.6. The Hall–Kier alpha value is -5.94. The van der Waals surface area contributed by atoms with Crippen molar-refractivity contribution in [3.63, 3.8) is 0 Å². The molecular formula is C38H52N4O14. The summed E-state index contributed by atoms with van der Waals surface area (Å²) in [4.78, 5) is 104. The van der Waals surface area contributed by atoms with E-state index < -0.39 is 72.6 Å². The third-order valence-corrected chi connectivity index (χ3v) is 8.76. The van der Waals surface area contributed by atoms with Crippen molar-refractivity contribution in [1.29, 1.82) is 0 Å². The maximum absolute atomic E-state index is 13.5. The van der Waals surface area contributed by atoms with Crippen LogP contribution in [0, 0.1) is 11.8 Å². The van der Waals surface area contributed by atoms with Gasteiger partial charge in [-0.15, -0.1) is 0 Å². The Balaban J connectivity index is 2.21. The van der Waals surface area contributed by atoms with Crippen LogP contribution >= 0.6 is 0 Å². The average Bonchev–Trinajstić information content (AvgIpc) is 3.66. The first-order valence-corrected chi connectivity index (χ1v) is 18.6. The lowest BCUT2D eigenvalue weighted by Crippen LogP contribution is -2.49. The second-order valence-electron chi connectivity index (χ2n) is 13.0. The Morgan fingerprint density at radius 2 is 1.54 bits per heavy atom. The van der Waals surface area contributed by atoms with Crippen LogP contribution in [0.1, 0.15) is 113 Å². The Kier molecular flexibility index (Phi) is 19.6. The zero-order chi connectivity index (χ0) is 41.8. The topological polar surface area (TPSA) is 268 Å². The molecule has 2 rings (SSSR count). The SMILES string of the molecule is CCCCCC(C(=O)NCNC(=O)c1ccc(-c2ccc(C(=O)NC(CC(=O)O)C(=O)O)c(OCC(=O)O)c2)o1)C(CC)N(C=O)OC(=O)C(CCC)CCC. The number of ether oxygens (including phenoxy) is 1. The van der Waals surface area contributed by atoms with Gasteiger partial charge in [0.1, 0.15) is 17.6 Å². The molecule has 0 saturated carbocycles. The summed E-state index contributed by atoms with van der Waals surface area (Å²) in [6.07, 6.45) is 5.32. The Morgan fingerprint density at radius 3 is 2.11 bits per heavy atom. The molecule has 0 aliphatic carbocycles. The molecule has 1 aromatic heterocycles. The van der Waals surface area contributed by atoms with E-state index in [1.807, 2.05) is 20.8 Å². The lowest BCUT2D eigenvalue weighted by Gasteiger charge is -2.32. The standard InChI is InChI=1S/C38H52N4O14/c1-5-9-10-13-25(28(8-4)42(22-43)56-38(53)23(11-6-2)12-7-3)34(48)39-21-40-36(50)30-17-16-29(55-30)24-14-15-26(31(18-24)54-20-33(46)47)35(49)41-27(37(51)52)19-32(44)45/h14-18,22-23,25,27-28H,5-13,19-21H2,1-4H3,(H,39,48)(H,40,50)(H,41,49)(H,44,45)(H,46,47)(H,51,52). The third kappa shape index (κ3) is 14.4. The number of hydroxylamine groups is 2. The van der Waals surface area contributed by atoms with E-state index in [4.69, 9.17) is 24.2 Å². The molecule has 0 saturated heterocycles. The number of unbranched alkanes of at least 4 members (excludes halogenated alkanes) is 2. The van der Waals surface area contributed by atoms with Crippen LogP contribution in [0.25, 0.3) is 11.3 Å². The van der Waals surface area contributed by atoms with Gasteiger partial charge in [0.25, 0.3) is 11.8 Å². The van der Waals surface area contributed by atoms with Gasteiger partial charge in [-0.25, -0.2) is 14.4 Å². The lowest BCUT2D eigenvalue weighted by atomic mass is 9.90. The van der Waals surface area contributed by atoms with E-state index in [1.165, 1.54) is 30.3 Å². The molecule has 3 atom stereocenters. The molecule has 0 fully saturated rings. The molecular weight excluding hydrogens is 736 g/mol. The van der Waals surface area contributed by atoms with Gasteiger partial charge in [0.15, 0.2) is 12.4 Å². The number of benzene rings is 1. The number of hydrogen-bond acceptors (Lipinski definition) is 11. The first kappa shape index (κ1) is 46.2. The highest BCUT2D eigenvalue weighted by atomic mass is 16.7. The van der Waals surface area contributed by atoms with E-state index >= 15 is 0 Å². The van der Waals surface area contributed by atoms with Crippen LogP contribution in [-0.2, 0) is 33.6 Å². The number of furan rings is 1. The summed E-state index contributed by atoms with van der Waals surface area (Å²) in [6.45, 7) is 6.50. The van der Waals surface area contributed by atoms with Crippen molar-refractivity contribution in [2.45, 2.75) is 104 Å². The smallest absolute Gasteiger partial charge is 0.341 e. The van der Waals surface area contributed by atoms with Gasteiger partial charge in [0.2, 0.25) is 12.3 Å². The molecule has 4 amide bonds. The van der Waals surface area contributed by atoms with Gasteiger partial charge in [-0.2, -0.15) is 5.06 Å². The molecule has 18 nitrogen and oxygen atoms in total. The van der Waals surface area contributed by atoms with Crippen molar-refractivity contribution in [1.82, 2.24) is 21.0 Å². The number of amides is 4. The summed E-state index contributed by atoms with van der Waals surface area (Å²) in [5, 5.41) is 35.6. The highest BCUT2D eigenvalue weighted by Crippen LogP contribution is 2.30. The molecule has 308 valence electrons. The maximum atomic E-state index is 13.5. The zero-order valence-electron chi connectivity index (χ0n) is 32.0. The van der Waals surface area contributed by atoms with Crippen LogP contribution in [0.3, 0.4) is 0 Å². The van der Waals surface area contributed by atoms with Crippen molar-refractivity contribution in [2.24, 2.45) is 11.8 Å². The lowest BCUT2D eigenvalue weighted by molar-refractivity contribution is -0.208. The average molecular weight is 789 g/mol. The van der Waals surface area contributed by atoms with Crippen LogP contribution < -0.4 is 20.7 Å². The second kappa shape index (κ2) is 23.8. The number of rotatable bonds is 27. The molecule has 2 aromatic rings. The zero-order valence-corrected chi connectivity index (χ0v) is 32.0. The van der Waals surface area contributed by atoms with E-state index in [2.05, 4.69) is 16.0 Å². The van der Waals surface area contributed by atoms with E-state index in [0.29, 0.717) is 38.5 Å². The molecule has 56 heavy (non-hydrogen) atoms. The number of carboxylic acid groups (broad SMARTS) is 3. The van der Waals surface area contributed by atoms with Gasteiger partial charge >= 0.3 is 23.9 Å². The minimum absolute atomic E-state index is 0.0889. The molecule has 1 aromatic carbocycles. The Bertz CT molecular complexity index is 1670. The molecule has 0 aliphatic rings. The summed E-state index contributed by atoms with van der Waals surface area (Å²) in [7, 11) is 0. The highest BCUT2D eigenvalue weighted by Gasteiger charge is 2.34. The van der Waals surface area contributed by atoms with Crippen molar-refractivity contribution >= 4 is 48.0 Å². The van der Waals surface area contributed by atoms with Crippen LogP contribution in [0.2, 0.25) is 0 Å². The van der Waals surface area contributed by atoms with Crippen LogP contribution in [-0.4, -0.2) is 93.8 Å². The number of carbonyl (C=O) groups is 8. The minimum Gasteiger partial charge on any atom is -0.481 e. The van der Waals surface area contributed by atoms with Gasteiger partial charge in [0.05, 0.1) is 36.5 Å². The van der Waals surface area contributed by atoms with Crippen molar-refractivity contribution in [3.05, 3.63) is 41.7 Å². The van der Waals surface area contributed by atoms with Gasteiger partial charge in [-0.1, -0.05) is 65.9 Å². The number of nitrogens with one attached hydrogen (secondary N) is 3. The molecule has 3 unspecified atom stereocenters. The van der Waals surface area contributed by atoms with E-state index in [1.54, 1.807) is 6.92 Å². The fourth-order valence-corrected chi connectivity index (χ4v) is 5.95. The van der Waals surface area contributed by atoms with Gasteiger partial charge < -0.3 is 45.3 Å². The predicted molar refractivity (Wildman–Crippen MR) is 198 cm³/mol. The van der Waals surface area contributed by atoms with E-state index in [0.717, 1.165) is 30.7 Å². The molecule has 6 N–H and O–H groups in total. The van der Waals surface area contributed by atoms with Crippen LogP contribution in [0.15, 0.2) is 34.7 Å². The largest absolute Gasteiger partial charge is 0.481 e. The van der Waals surface area contributed by atoms with Crippen LogP contribution in [0.5, 0.6) is 5.75 Å². The number of nitrogens with zero attached hydrogens (tertiary/aromatic N) is 1. The van der Waals surface area contributed by atoms with E-state index in [9.17, 15) is 43.5 Å². The summed E-state index contributed by atoms with van der Waals surface area (Å²) >= 11 is 0. The highest BCUT2D eigenvalue weighted by molar-refractivity contribution is 6.00. The molecule has 0 spiro atoms. The monoisotopic (exact) mass is 788 g/mol. The Morgan fingerprint density at radius 1 is 0.839 bits per heavy atom. The van der Waals surface area contributed by atoms with Crippen molar-refractivity contribution < 1.29 is 67.7 Å². The third-order valence-electron chi connectivity index (χ3n) is 8.76. The normalized spacial score (nSPS) is 12.4. The number of carbonyl (C=O) groups excluding carboxylic acids is 5. The summed E-state index contributed by atoms with van der Waals surface area (Å²) in [6, 6.07) is 3.96. The molecule has 18 heteroatoms. The second-order valence-corrected chi connectivity index (χ2v) is 13.0. The van der Waals surface area contributed by atoms with Gasteiger partial charge in [0, 0.05) is 5.56 Å². The summed E-state index contributed by atoms with van der Waals surface area (Å²) in [5.74, 6) is -8.74. The summed E-state index contributed by atoms with van der Waals surface area (Å²) in [5.41, 5.74) is -0.0666. The van der Waals surface area contributed by atoms with Gasteiger partial charge in [-0.3, -0.25) is 24.0 Å². The van der Waals surface area contributed by atoms with Crippen molar-refractivity contribution in [2.75, 3.05) is 13.3 Å². The fourth-order valence-electron chi connectivity index (χ4n) is 5.95. The first-order chi connectivity index (χ1) is 26.7. The number of carboxylic acids is 3. The maximum Gasteiger partial charge on any atom is 0.341 e. The predicted octanol–water partition coefficient (Wildman–Crippen LogP) is 3.98. The van der Waals surface area contributed by atoms with E-state index in [-0.39, 0.29) is 41.0 Å².